The number of nitrogens with two attached hydrogens (primary N) is 1. The number of rotatable bonds is 2. The zero-order valence-electron chi connectivity index (χ0n) is 11.6. The number of fused-ring (bicyclic) bond motifs is 2. The van der Waals surface area contributed by atoms with Gasteiger partial charge in [-0.25, -0.2) is 0 Å². The van der Waals surface area contributed by atoms with E-state index in [0.717, 1.165) is 30.5 Å². The van der Waals surface area contributed by atoms with E-state index in [1.807, 2.05) is 0 Å². The maximum absolute atomic E-state index is 12.6. The molecule has 1 aromatic rings. The van der Waals surface area contributed by atoms with E-state index in [0.29, 0.717) is 19.8 Å². The van der Waals surface area contributed by atoms with Gasteiger partial charge in [0.25, 0.3) is 0 Å². The van der Waals surface area contributed by atoms with Crippen LogP contribution in [0.25, 0.3) is 0 Å². The lowest BCUT2D eigenvalue weighted by molar-refractivity contribution is -0.137. The number of hydrogen-bond donors (Lipinski definition) is 1. The van der Waals surface area contributed by atoms with E-state index in [9.17, 15) is 13.2 Å². The lowest BCUT2D eigenvalue weighted by Gasteiger charge is -2.47. The summed E-state index contributed by atoms with van der Waals surface area (Å²) in [6.45, 7) is 1.97. The van der Waals surface area contributed by atoms with Crippen molar-refractivity contribution in [2.45, 2.75) is 43.7 Å². The molecular formula is C15H19F3N2O. The molecule has 3 rings (SSSR count). The third-order valence-electron chi connectivity index (χ3n) is 4.35. The molecule has 0 aliphatic carbocycles. The minimum atomic E-state index is -4.28. The smallest absolute Gasteiger partial charge is 0.378 e. The third kappa shape index (κ3) is 3.22. The quantitative estimate of drug-likeness (QED) is 0.911. The highest BCUT2D eigenvalue weighted by atomic mass is 19.4. The van der Waals surface area contributed by atoms with Crippen LogP contribution in [-0.2, 0) is 17.5 Å². The van der Waals surface area contributed by atoms with Crippen LogP contribution in [0.4, 0.5) is 13.2 Å². The number of hydrogen-bond acceptors (Lipinski definition) is 3. The van der Waals surface area contributed by atoms with E-state index in [-0.39, 0.29) is 18.1 Å². The average Bonchev–Trinajstić information content (AvgIpc) is 2.39. The molecule has 1 aromatic carbocycles. The summed E-state index contributed by atoms with van der Waals surface area (Å²) in [7, 11) is 0. The first-order valence-corrected chi connectivity index (χ1v) is 7.18. The van der Waals surface area contributed by atoms with Crippen LogP contribution in [0.1, 0.15) is 24.0 Å². The van der Waals surface area contributed by atoms with Gasteiger partial charge >= 0.3 is 6.18 Å². The Morgan fingerprint density at radius 1 is 1.10 bits per heavy atom. The fraction of sp³-hybridized carbons (Fsp3) is 0.600. The average molecular weight is 300 g/mol. The Labute approximate surface area is 121 Å². The van der Waals surface area contributed by atoms with Crippen LogP contribution in [-0.4, -0.2) is 36.2 Å². The van der Waals surface area contributed by atoms with Crippen molar-refractivity contribution < 1.29 is 17.9 Å². The Morgan fingerprint density at radius 2 is 1.67 bits per heavy atom. The van der Waals surface area contributed by atoms with Gasteiger partial charge in [-0.05, 0) is 30.5 Å². The summed E-state index contributed by atoms with van der Waals surface area (Å²) in [5.74, 6) is 0. The number of ether oxygens (including phenoxy) is 1. The molecule has 2 saturated heterocycles. The van der Waals surface area contributed by atoms with Crippen LogP contribution in [0.5, 0.6) is 0 Å². The maximum atomic E-state index is 12.6. The molecule has 0 spiro atoms. The lowest BCUT2D eigenvalue weighted by Crippen LogP contribution is -2.58. The van der Waals surface area contributed by atoms with Crippen LogP contribution in [0.2, 0.25) is 0 Å². The summed E-state index contributed by atoms with van der Waals surface area (Å²) >= 11 is 0. The van der Waals surface area contributed by atoms with Gasteiger partial charge in [-0.15, -0.1) is 0 Å². The summed E-state index contributed by atoms with van der Waals surface area (Å²) in [6.07, 6.45) is -2.50. The third-order valence-corrected chi connectivity index (χ3v) is 4.35. The second kappa shape index (κ2) is 5.59. The maximum Gasteiger partial charge on any atom is 0.416 e. The van der Waals surface area contributed by atoms with Crippen LogP contribution in [0, 0.1) is 0 Å². The molecule has 1 unspecified atom stereocenters. The highest BCUT2D eigenvalue weighted by Gasteiger charge is 2.37. The fourth-order valence-electron chi connectivity index (χ4n) is 3.30. The fourth-order valence-corrected chi connectivity index (χ4v) is 3.30. The first-order valence-electron chi connectivity index (χ1n) is 7.18. The predicted octanol–water partition coefficient (Wildman–Crippen LogP) is 2.40. The normalized spacial score (nSPS) is 30.4. The van der Waals surface area contributed by atoms with E-state index in [1.54, 1.807) is 12.1 Å². The van der Waals surface area contributed by atoms with Crippen molar-refractivity contribution >= 4 is 0 Å². The van der Waals surface area contributed by atoms with E-state index < -0.39 is 11.7 Å². The molecule has 0 radical (unpaired) electrons. The van der Waals surface area contributed by atoms with Gasteiger partial charge in [0, 0.05) is 24.7 Å². The van der Waals surface area contributed by atoms with Crippen LogP contribution < -0.4 is 5.73 Å². The number of nitrogens with zero attached hydrogens (tertiary/aromatic N) is 1. The summed E-state index contributed by atoms with van der Waals surface area (Å²) < 4.78 is 43.3. The minimum absolute atomic E-state index is 0.202. The Balaban J connectivity index is 1.71. The van der Waals surface area contributed by atoms with Crippen molar-refractivity contribution in [3.8, 4) is 0 Å². The SMILES string of the molecule is NC1C[C@H]2COC[C@@H](C1)N2Cc1ccc(C(F)(F)F)cc1. The second-order valence-electron chi connectivity index (χ2n) is 5.94. The highest BCUT2D eigenvalue weighted by molar-refractivity contribution is 5.24. The van der Waals surface area contributed by atoms with Gasteiger partial charge in [-0.3, -0.25) is 4.90 Å². The van der Waals surface area contributed by atoms with Crippen molar-refractivity contribution in [3.05, 3.63) is 35.4 Å². The molecule has 2 heterocycles. The molecule has 3 atom stereocenters. The van der Waals surface area contributed by atoms with E-state index in [4.69, 9.17) is 10.5 Å². The second-order valence-corrected chi connectivity index (χ2v) is 5.94. The lowest BCUT2D eigenvalue weighted by atomic mass is 9.90. The first kappa shape index (κ1) is 14.8. The van der Waals surface area contributed by atoms with Crippen molar-refractivity contribution in [2.24, 2.45) is 5.73 Å². The molecule has 6 heteroatoms. The molecule has 0 aromatic heterocycles. The number of morpholine rings is 1. The van der Waals surface area contributed by atoms with E-state index in [2.05, 4.69) is 4.90 Å². The molecule has 21 heavy (non-hydrogen) atoms. The predicted molar refractivity (Wildman–Crippen MR) is 72.6 cm³/mol. The topological polar surface area (TPSA) is 38.5 Å². The van der Waals surface area contributed by atoms with E-state index in [1.165, 1.54) is 0 Å². The van der Waals surface area contributed by atoms with Crippen molar-refractivity contribution in [3.63, 3.8) is 0 Å². The molecule has 0 saturated carbocycles. The van der Waals surface area contributed by atoms with Crippen molar-refractivity contribution in [2.75, 3.05) is 13.2 Å². The molecule has 2 aliphatic rings. The van der Waals surface area contributed by atoms with Gasteiger partial charge in [0.1, 0.15) is 0 Å². The number of alkyl halides is 3. The summed E-state index contributed by atoms with van der Waals surface area (Å²) in [5.41, 5.74) is 6.34. The molecular weight excluding hydrogens is 281 g/mol. The zero-order valence-corrected chi connectivity index (χ0v) is 11.6. The largest absolute Gasteiger partial charge is 0.416 e. The molecule has 3 nitrogen and oxygen atoms in total. The summed E-state index contributed by atoms with van der Waals surface area (Å²) in [6, 6.07) is 6.17. The molecule has 2 N–H and O–H groups in total. The number of benzene rings is 1. The Kier molecular flexibility index (Phi) is 3.94. The summed E-state index contributed by atoms with van der Waals surface area (Å²) in [4.78, 5) is 2.33. The van der Waals surface area contributed by atoms with Crippen LogP contribution in [0.3, 0.4) is 0 Å². The zero-order chi connectivity index (χ0) is 15.0. The Morgan fingerprint density at radius 3 is 2.19 bits per heavy atom. The number of halogens is 3. The van der Waals surface area contributed by atoms with Crippen LogP contribution in [0.15, 0.2) is 24.3 Å². The minimum Gasteiger partial charge on any atom is -0.378 e. The van der Waals surface area contributed by atoms with Crippen molar-refractivity contribution in [1.82, 2.24) is 4.90 Å². The highest BCUT2D eigenvalue weighted by Crippen LogP contribution is 2.31. The molecule has 116 valence electrons. The summed E-state index contributed by atoms with van der Waals surface area (Å²) in [5, 5.41) is 0. The standard InChI is InChI=1S/C15H19F3N2O/c16-15(17,18)11-3-1-10(2-4-11)7-20-13-5-12(19)6-14(20)9-21-8-13/h1-4,12-14H,5-9,19H2/t12?,13-,14+. The van der Waals surface area contributed by atoms with Gasteiger partial charge in [0.15, 0.2) is 0 Å². The molecule has 0 amide bonds. The first-order chi connectivity index (χ1) is 9.93. The van der Waals surface area contributed by atoms with Gasteiger partial charge in [0.05, 0.1) is 18.8 Å². The van der Waals surface area contributed by atoms with Gasteiger partial charge in [0.2, 0.25) is 0 Å². The Hall–Kier alpha value is -1.11. The van der Waals surface area contributed by atoms with Crippen molar-refractivity contribution in [1.29, 1.82) is 0 Å². The van der Waals surface area contributed by atoms with E-state index >= 15 is 0 Å². The molecule has 2 aliphatic heterocycles. The van der Waals surface area contributed by atoms with Gasteiger partial charge in [-0.1, -0.05) is 12.1 Å². The monoisotopic (exact) mass is 300 g/mol. The molecule has 2 fully saturated rings. The molecule has 2 bridgehead atoms. The van der Waals surface area contributed by atoms with Gasteiger partial charge < -0.3 is 10.5 Å². The van der Waals surface area contributed by atoms with Crippen LogP contribution >= 0.6 is 0 Å². The van der Waals surface area contributed by atoms with Gasteiger partial charge in [-0.2, -0.15) is 13.2 Å². The number of piperidine rings is 1. The Bertz CT molecular complexity index is 475.